The summed E-state index contributed by atoms with van der Waals surface area (Å²) in [6.45, 7) is 4.43. The largest absolute Gasteiger partial charge is 0.430 e. The fraction of sp³-hybridized carbons (Fsp3) is 0.812. The second-order valence-corrected chi connectivity index (χ2v) is 5.28. The molecule has 2 heteroatoms. The van der Waals surface area contributed by atoms with Crippen LogP contribution in [0.4, 0.5) is 0 Å². The molecular weight excluding hydrogens is 224 g/mol. The summed E-state index contributed by atoms with van der Waals surface area (Å²) in [4.78, 5) is 11.4. The average Bonchev–Trinajstić information content (AvgIpc) is 2.37. The zero-order valence-corrected chi connectivity index (χ0v) is 12.0. The number of ether oxygens (including phenoxy) is 1. The van der Waals surface area contributed by atoms with Gasteiger partial charge in [-0.25, -0.2) is 0 Å². The van der Waals surface area contributed by atoms with Crippen LogP contribution in [0.5, 0.6) is 0 Å². The molecule has 1 aliphatic rings. The number of esters is 1. The Kier molecular flexibility index (Phi) is 7.79. The minimum atomic E-state index is -0.00805. The number of unbranched alkanes of at least 4 members (excludes halogenated alkanes) is 7. The normalized spacial score (nSPS) is 20.9. The van der Waals surface area contributed by atoms with Crippen LogP contribution in [0.25, 0.3) is 0 Å². The van der Waals surface area contributed by atoms with E-state index < -0.39 is 0 Å². The molecule has 1 unspecified atom stereocenters. The van der Waals surface area contributed by atoms with Gasteiger partial charge in [0.05, 0.1) is 0 Å². The van der Waals surface area contributed by atoms with E-state index in [1.165, 1.54) is 44.9 Å². The van der Waals surface area contributed by atoms with Crippen molar-refractivity contribution in [3.8, 4) is 0 Å². The molecule has 0 amide bonds. The molecule has 2 nitrogen and oxygen atoms in total. The van der Waals surface area contributed by atoms with Gasteiger partial charge in [0.2, 0.25) is 0 Å². The fourth-order valence-corrected chi connectivity index (χ4v) is 2.35. The zero-order chi connectivity index (χ0) is 13.2. The van der Waals surface area contributed by atoms with Crippen molar-refractivity contribution in [1.82, 2.24) is 0 Å². The Morgan fingerprint density at radius 1 is 1.00 bits per heavy atom. The van der Waals surface area contributed by atoms with Gasteiger partial charge in [0, 0.05) is 0 Å². The average molecular weight is 252 g/mol. The van der Waals surface area contributed by atoms with Crippen LogP contribution in [0.2, 0.25) is 0 Å². The zero-order valence-electron chi connectivity index (χ0n) is 12.0. The van der Waals surface area contributed by atoms with Crippen LogP contribution in [-0.4, -0.2) is 5.97 Å². The van der Waals surface area contributed by atoms with Crippen LogP contribution in [-0.2, 0) is 9.53 Å². The molecule has 0 aromatic rings. The van der Waals surface area contributed by atoms with Gasteiger partial charge in [-0.1, -0.05) is 58.8 Å². The Hall–Kier alpha value is -0.790. The van der Waals surface area contributed by atoms with Crippen molar-refractivity contribution in [3.05, 3.63) is 11.8 Å². The first-order valence-electron chi connectivity index (χ1n) is 7.71. The van der Waals surface area contributed by atoms with Gasteiger partial charge in [-0.05, 0) is 25.3 Å². The standard InChI is InChI=1S/C16H28O2/c1-3-5-7-9-11-13-15-14(16(17)18-15)12-10-8-6-4-2/h13-14H,3-12H2,1-2H3/b15-13+. The van der Waals surface area contributed by atoms with E-state index in [1.54, 1.807) is 0 Å². The number of carbonyl (C=O) groups excluding carboxylic acids is 1. The van der Waals surface area contributed by atoms with Gasteiger partial charge < -0.3 is 4.74 Å². The van der Waals surface area contributed by atoms with Crippen molar-refractivity contribution < 1.29 is 9.53 Å². The third kappa shape index (κ3) is 5.24. The molecule has 0 aliphatic carbocycles. The Morgan fingerprint density at radius 3 is 2.28 bits per heavy atom. The third-order valence-corrected chi connectivity index (χ3v) is 3.60. The summed E-state index contributed by atoms with van der Waals surface area (Å²) in [6, 6.07) is 0. The molecule has 0 aromatic carbocycles. The summed E-state index contributed by atoms with van der Waals surface area (Å²) in [5, 5.41) is 0. The minimum Gasteiger partial charge on any atom is -0.430 e. The van der Waals surface area contributed by atoms with Crippen LogP contribution >= 0.6 is 0 Å². The van der Waals surface area contributed by atoms with Gasteiger partial charge in [0.15, 0.2) is 0 Å². The van der Waals surface area contributed by atoms with E-state index in [-0.39, 0.29) is 11.9 Å². The van der Waals surface area contributed by atoms with Crippen molar-refractivity contribution in [3.63, 3.8) is 0 Å². The summed E-state index contributed by atoms with van der Waals surface area (Å²) in [6.07, 6.45) is 14.2. The Bertz CT molecular complexity index is 268. The van der Waals surface area contributed by atoms with Crippen molar-refractivity contribution in [2.75, 3.05) is 0 Å². The highest BCUT2D eigenvalue weighted by molar-refractivity contribution is 5.82. The number of carbonyl (C=O) groups is 1. The highest BCUT2D eigenvalue weighted by atomic mass is 16.6. The number of hydrogen-bond donors (Lipinski definition) is 0. The highest BCUT2D eigenvalue weighted by Gasteiger charge is 2.36. The Morgan fingerprint density at radius 2 is 1.67 bits per heavy atom. The lowest BCUT2D eigenvalue weighted by molar-refractivity contribution is -0.157. The lowest BCUT2D eigenvalue weighted by Gasteiger charge is -2.28. The molecule has 1 aliphatic heterocycles. The summed E-state index contributed by atoms with van der Waals surface area (Å²) < 4.78 is 5.14. The maximum absolute atomic E-state index is 11.4. The van der Waals surface area contributed by atoms with Crippen LogP contribution < -0.4 is 0 Å². The van der Waals surface area contributed by atoms with E-state index in [2.05, 4.69) is 19.9 Å². The molecule has 0 aromatic heterocycles. The van der Waals surface area contributed by atoms with Crippen molar-refractivity contribution in [2.45, 2.75) is 78.1 Å². The number of rotatable bonds is 10. The fourth-order valence-electron chi connectivity index (χ4n) is 2.35. The van der Waals surface area contributed by atoms with E-state index >= 15 is 0 Å². The summed E-state index contributed by atoms with van der Waals surface area (Å²) in [7, 11) is 0. The first kappa shape index (κ1) is 15.3. The first-order chi connectivity index (χ1) is 8.79. The van der Waals surface area contributed by atoms with Gasteiger partial charge >= 0.3 is 5.97 Å². The molecule has 1 rings (SSSR count). The molecule has 0 radical (unpaired) electrons. The van der Waals surface area contributed by atoms with Gasteiger partial charge in [0.25, 0.3) is 0 Å². The molecule has 0 bridgehead atoms. The van der Waals surface area contributed by atoms with Crippen molar-refractivity contribution in [2.24, 2.45) is 5.92 Å². The lowest BCUT2D eigenvalue weighted by atomic mass is 9.94. The van der Waals surface area contributed by atoms with Crippen LogP contribution in [0.15, 0.2) is 11.8 Å². The van der Waals surface area contributed by atoms with E-state index in [0.717, 1.165) is 25.0 Å². The second kappa shape index (κ2) is 9.18. The van der Waals surface area contributed by atoms with Gasteiger partial charge in [-0.3, -0.25) is 4.79 Å². The van der Waals surface area contributed by atoms with E-state index in [9.17, 15) is 4.79 Å². The molecular formula is C16H28O2. The maximum atomic E-state index is 11.4. The van der Waals surface area contributed by atoms with Crippen LogP contribution in [0.1, 0.15) is 78.1 Å². The SMILES string of the molecule is CCCCCC/C=C1/OC(=O)C1CCCCCC. The smallest absolute Gasteiger partial charge is 0.321 e. The Balaban J connectivity index is 2.16. The quantitative estimate of drug-likeness (QED) is 0.404. The maximum Gasteiger partial charge on any atom is 0.321 e. The molecule has 18 heavy (non-hydrogen) atoms. The molecule has 0 saturated carbocycles. The van der Waals surface area contributed by atoms with Crippen LogP contribution in [0.3, 0.4) is 0 Å². The van der Waals surface area contributed by atoms with E-state index in [4.69, 9.17) is 4.74 Å². The molecule has 0 spiro atoms. The first-order valence-corrected chi connectivity index (χ1v) is 7.71. The van der Waals surface area contributed by atoms with Crippen molar-refractivity contribution in [1.29, 1.82) is 0 Å². The van der Waals surface area contributed by atoms with Crippen LogP contribution in [0, 0.1) is 5.92 Å². The molecule has 1 heterocycles. The monoisotopic (exact) mass is 252 g/mol. The third-order valence-electron chi connectivity index (χ3n) is 3.60. The number of allylic oxidation sites excluding steroid dienone is 1. The molecule has 1 saturated heterocycles. The van der Waals surface area contributed by atoms with E-state index in [1.807, 2.05) is 0 Å². The van der Waals surface area contributed by atoms with Gasteiger partial charge in [0.1, 0.15) is 11.7 Å². The highest BCUT2D eigenvalue weighted by Crippen LogP contribution is 2.31. The predicted octanol–water partition coefficient (Wildman–Crippen LogP) is 4.98. The summed E-state index contributed by atoms with van der Waals surface area (Å²) in [5.74, 6) is 1.03. The molecule has 1 atom stereocenters. The number of hydrogen-bond acceptors (Lipinski definition) is 2. The predicted molar refractivity (Wildman–Crippen MR) is 75.2 cm³/mol. The Labute approximate surface area is 112 Å². The molecule has 104 valence electrons. The number of cyclic esters (lactones) is 1. The topological polar surface area (TPSA) is 26.3 Å². The molecule has 1 fully saturated rings. The van der Waals surface area contributed by atoms with Gasteiger partial charge in [-0.2, -0.15) is 0 Å². The summed E-state index contributed by atoms with van der Waals surface area (Å²) in [5.41, 5.74) is 0. The second-order valence-electron chi connectivity index (χ2n) is 5.28. The van der Waals surface area contributed by atoms with Gasteiger partial charge in [-0.15, -0.1) is 0 Å². The minimum absolute atomic E-state index is 0.00805. The van der Waals surface area contributed by atoms with Crippen molar-refractivity contribution >= 4 is 5.97 Å². The van der Waals surface area contributed by atoms with E-state index in [0.29, 0.717) is 0 Å². The lowest BCUT2D eigenvalue weighted by Crippen LogP contribution is -2.32. The summed E-state index contributed by atoms with van der Waals surface area (Å²) >= 11 is 0. The molecule has 0 N–H and O–H groups in total.